The normalized spacial score (nSPS) is 14.7. The molecule has 1 amide bonds. The molecular formula is C20H22ClFN2O3S. The van der Waals surface area contributed by atoms with Crippen LogP contribution in [0.25, 0.3) is 0 Å². The summed E-state index contributed by atoms with van der Waals surface area (Å²) in [5.41, 5.74) is 0.911. The third kappa shape index (κ3) is 4.37. The molecule has 2 aromatic rings. The fraction of sp³-hybridized carbons (Fsp3) is 0.350. The third-order valence-electron chi connectivity index (χ3n) is 4.31. The number of nitrogens with zero attached hydrogens (tertiary/aromatic N) is 1. The molecule has 1 N–H and O–H groups in total. The molecule has 0 bridgehead atoms. The average molecular weight is 425 g/mol. The molecule has 8 heteroatoms. The Hall–Kier alpha value is -1.96. The molecule has 1 aliphatic heterocycles. The topological polar surface area (TPSA) is 66.5 Å². The van der Waals surface area contributed by atoms with Gasteiger partial charge in [-0.15, -0.1) is 0 Å². The zero-order valence-electron chi connectivity index (χ0n) is 15.9. The Morgan fingerprint density at radius 2 is 1.89 bits per heavy atom. The number of sulfonamides is 1. The summed E-state index contributed by atoms with van der Waals surface area (Å²) >= 11 is 6.11. The highest BCUT2D eigenvalue weighted by Crippen LogP contribution is 2.30. The van der Waals surface area contributed by atoms with Crippen molar-refractivity contribution in [2.24, 2.45) is 0 Å². The van der Waals surface area contributed by atoms with Gasteiger partial charge >= 0.3 is 0 Å². The van der Waals surface area contributed by atoms with Crippen LogP contribution in [-0.2, 0) is 16.4 Å². The molecule has 5 nitrogen and oxygen atoms in total. The Morgan fingerprint density at radius 1 is 1.18 bits per heavy atom. The van der Waals surface area contributed by atoms with Crippen LogP contribution in [0.4, 0.5) is 10.1 Å². The first-order valence-electron chi connectivity index (χ1n) is 8.92. The molecule has 0 fully saturated rings. The summed E-state index contributed by atoms with van der Waals surface area (Å²) in [6.07, 6.45) is 1.39. The lowest BCUT2D eigenvalue weighted by atomic mass is 10.0. The van der Waals surface area contributed by atoms with Crippen molar-refractivity contribution < 1.29 is 17.6 Å². The Labute approximate surface area is 169 Å². The van der Waals surface area contributed by atoms with Crippen molar-refractivity contribution in [3.63, 3.8) is 0 Å². The van der Waals surface area contributed by atoms with E-state index in [4.69, 9.17) is 11.6 Å². The fourth-order valence-corrected chi connectivity index (χ4v) is 5.18. The Bertz CT molecular complexity index is 1030. The number of carbonyl (C=O) groups is 1. The van der Waals surface area contributed by atoms with Gasteiger partial charge in [0.05, 0.1) is 5.02 Å². The van der Waals surface area contributed by atoms with Crippen LogP contribution in [0, 0.1) is 5.82 Å². The number of benzene rings is 2. The van der Waals surface area contributed by atoms with Gasteiger partial charge in [0, 0.05) is 23.3 Å². The predicted molar refractivity (Wildman–Crippen MR) is 108 cm³/mol. The first-order chi connectivity index (χ1) is 13.0. The van der Waals surface area contributed by atoms with Gasteiger partial charge in [0.2, 0.25) is 10.0 Å². The maximum absolute atomic E-state index is 13.5. The van der Waals surface area contributed by atoms with Gasteiger partial charge in [0.15, 0.2) is 0 Å². The summed E-state index contributed by atoms with van der Waals surface area (Å²) < 4.78 is 41.4. The molecule has 0 saturated heterocycles. The zero-order chi connectivity index (χ0) is 20.7. The van der Waals surface area contributed by atoms with Crippen LogP contribution in [0.1, 0.15) is 43.1 Å². The number of rotatable bonds is 3. The van der Waals surface area contributed by atoms with Crippen molar-refractivity contribution in [2.75, 3.05) is 11.4 Å². The van der Waals surface area contributed by atoms with Crippen LogP contribution in [0.2, 0.25) is 5.02 Å². The number of amides is 1. The first kappa shape index (κ1) is 20.8. The van der Waals surface area contributed by atoms with E-state index in [-0.39, 0.29) is 27.2 Å². The quantitative estimate of drug-likeness (QED) is 0.804. The molecule has 0 spiro atoms. The lowest BCUT2D eigenvalue weighted by Gasteiger charge is -2.29. The van der Waals surface area contributed by atoms with Gasteiger partial charge in [-0.2, -0.15) is 0 Å². The maximum Gasteiger partial charge on any atom is 0.258 e. The standard InChI is InChI=1S/C20H22ClFN2O3S/c1-20(2,3)23-28(26,27)18-12-14(6-8-16(18)21)19(25)24-10-4-5-13-11-15(22)7-9-17(13)24/h6-9,11-12,23H,4-5,10H2,1-3H3. The van der Waals surface area contributed by atoms with Crippen molar-refractivity contribution in [1.82, 2.24) is 4.72 Å². The van der Waals surface area contributed by atoms with Gasteiger partial charge in [0.25, 0.3) is 5.91 Å². The van der Waals surface area contributed by atoms with Gasteiger partial charge in [0.1, 0.15) is 10.7 Å². The fourth-order valence-electron chi connectivity index (χ4n) is 3.23. The Balaban J connectivity index is 1.99. The van der Waals surface area contributed by atoms with Crippen molar-refractivity contribution in [3.05, 3.63) is 58.4 Å². The molecular weight excluding hydrogens is 403 g/mol. The van der Waals surface area contributed by atoms with Crippen LogP contribution >= 0.6 is 11.6 Å². The summed E-state index contributed by atoms with van der Waals surface area (Å²) in [5.74, 6) is -0.697. The van der Waals surface area contributed by atoms with Crippen molar-refractivity contribution >= 4 is 33.2 Å². The number of aryl methyl sites for hydroxylation is 1. The molecule has 3 rings (SSSR count). The predicted octanol–water partition coefficient (Wildman–Crippen LogP) is 4.15. The number of halogens is 2. The molecule has 0 atom stereocenters. The van der Waals surface area contributed by atoms with Crippen molar-refractivity contribution in [3.8, 4) is 0 Å². The number of anilines is 1. The van der Waals surface area contributed by atoms with Gasteiger partial charge < -0.3 is 4.90 Å². The minimum Gasteiger partial charge on any atom is -0.308 e. The molecule has 0 unspecified atom stereocenters. The van der Waals surface area contributed by atoms with Crippen LogP contribution in [0.15, 0.2) is 41.3 Å². The molecule has 150 valence electrons. The van der Waals surface area contributed by atoms with E-state index in [2.05, 4.69) is 4.72 Å². The van der Waals surface area contributed by atoms with Crippen LogP contribution < -0.4 is 9.62 Å². The molecule has 1 aliphatic rings. The van der Waals surface area contributed by atoms with Gasteiger partial charge in [-0.25, -0.2) is 17.5 Å². The van der Waals surface area contributed by atoms with E-state index in [1.54, 1.807) is 31.7 Å². The Kier molecular flexibility index (Phi) is 5.53. The average Bonchev–Trinajstić information content (AvgIpc) is 2.58. The van der Waals surface area contributed by atoms with E-state index in [0.717, 1.165) is 5.56 Å². The minimum atomic E-state index is -3.90. The molecule has 0 saturated carbocycles. The SMILES string of the molecule is CC(C)(C)NS(=O)(=O)c1cc(C(=O)N2CCCc3cc(F)ccc32)ccc1Cl. The van der Waals surface area contributed by atoms with E-state index in [9.17, 15) is 17.6 Å². The number of hydrogen-bond acceptors (Lipinski definition) is 3. The molecule has 0 aliphatic carbocycles. The van der Waals surface area contributed by atoms with Gasteiger partial charge in [-0.3, -0.25) is 4.79 Å². The van der Waals surface area contributed by atoms with Crippen molar-refractivity contribution in [1.29, 1.82) is 0 Å². The molecule has 2 aromatic carbocycles. The van der Waals surface area contributed by atoms with E-state index in [0.29, 0.717) is 25.1 Å². The molecule has 28 heavy (non-hydrogen) atoms. The van der Waals surface area contributed by atoms with Crippen LogP contribution in [0.3, 0.4) is 0 Å². The van der Waals surface area contributed by atoms with Gasteiger partial charge in [-0.1, -0.05) is 11.6 Å². The number of hydrogen-bond donors (Lipinski definition) is 1. The second-order valence-corrected chi connectivity index (χ2v) is 9.89. The summed E-state index contributed by atoms with van der Waals surface area (Å²) in [6.45, 7) is 5.63. The first-order valence-corrected chi connectivity index (χ1v) is 10.8. The monoisotopic (exact) mass is 424 g/mol. The highest BCUT2D eigenvalue weighted by atomic mass is 35.5. The summed E-state index contributed by atoms with van der Waals surface area (Å²) in [6, 6.07) is 8.52. The van der Waals surface area contributed by atoms with Gasteiger partial charge in [-0.05, 0) is 75.6 Å². The second kappa shape index (κ2) is 7.46. The summed E-state index contributed by atoms with van der Waals surface area (Å²) in [4.78, 5) is 14.5. The van der Waals surface area contributed by atoms with E-state index < -0.39 is 15.6 Å². The summed E-state index contributed by atoms with van der Waals surface area (Å²) in [5, 5.41) is 0.0365. The highest BCUT2D eigenvalue weighted by Gasteiger charge is 2.28. The molecule has 0 radical (unpaired) electrons. The smallest absolute Gasteiger partial charge is 0.258 e. The van der Waals surface area contributed by atoms with Crippen molar-refractivity contribution in [2.45, 2.75) is 44.0 Å². The lowest BCUT2D eigenvalue weighted by Crippen LogP contribution is -2.40. The molecule has 0 aromatic heterocycles. The zero-order valence-corrected chi connectivity index (χ0v) is 17.5. The third-order valence-corrected chi connectivity index (χ3v) is 6.55. The van der Waals surface area contributed by atoms with E-state index in [1.165, 1.54) is 30.3 Å². The Morgan fingerprint density at radius 3 is 2.57 bits per heavy atom. The largest absolute Gasteiger partial charge is 0.308 e. The summed E-state index contributed by atoms with van der Waals surface area (Å²) in [7, 11) is -3.90. The highest BCUT2D eigenvalue weighted by molar-refractivity contribution is 7.89. The minimum absolute atomic E-state index is 0.0365. The van der Waals surface area contributed by atoms with Crippen LogP contribution in [0.5, 0.6) is 0 Å². The van der Waals surface area contributed by atoms with E-state index in [1.807, 2.05) is 0 Å². The molecule has 1 heterocycles. The maximum atomic E-state index is 13.5. The number of fused-ring (bicyclic) bond motifs is 1. The second-order valence-electron chi connectivity index (χ2n) is 7.83. The van der Waals surface area contributed by atoms with E-state index >= 15 is 0 Å². The van der Waals surface area contributed by atoms with Crippen LogP contribution in [-0.4, -0.2) is 26.4 Å². The number of nitrogens with one attached hydrogen (secondary N) is 1. The number of carbonyl (C=O) groups excluding carboxylic acids is 1. The lowest BCUT2D eigenvalue weighted by molar-refractivity contribution is 0.0985.